The Kier molecular flexibility index (Phi) is 5.25. The SMILES string of the molecule is CCCCN(C(=O)Cn1c(=O)c2c(ncn2C)n(C)c1=O)c1ccccc1. The molecule has 8 heteroatoms. The van der Waals surface area contributed by atoms with Gasteiger partial charge in [-0.15, -0.1) is 0 Å². The predicted octanol–water partition coefficient (Wildman–Crippen LogP) is 1.27. The Labute approximate surface area is 156 Å². The first-order valence-corrected chi connectivity index (χ1v) is 8.92. The third kappa shape index (κ3) is 3.42. The summed E-state index contributed by atoms with van der Waals surface area (Å²) in [5.41, 5.74) is 0.294. The van der Waals surface area contributed by atoms with Crippen molar-refractivity contribution in [3.8, 4) is 0 Å². The maximum atomic E-state index is 13.0. The summed E-state index contributed by atoms with van der Waals surface area (Å²) in [4.78, 5) is 44.2. The molecule has 27 heavy (non-hydrogen) atoms. The van der Waals surface area contributed by atoms with Crippen molar-refractivity contribution in [3.63, 3.8) is 0 Å². The lowest BCUT2D eigenvalue weighted by Gasteiger charge is -2.23. The number of rotatable bonds is 6. The zero-order chi connectivity index (χ0) is 19.6. The van der Waals surface area contributed by atoms with Gasteiger partial charge in [-0.05, 0) is 18.6 Å². The molecule has 2 aromatic heterocycles. The van der Waals surface area contributed by atoms with Gasteiger partial charge in [0.1, 0.15) is 6.54 Å². The summed E-state index contributed by atoms with van der Waals surface area (Å²) in [5, 5.41) is 0. The lowest BCUT2D eigenvalue weighted by Crippen LogP contribution is -2.45. The highest BCUT2D eigenvalue weighted by atomic mass is 16.2. The number of imidazole rings is 1. The van der Waals surface area contributed by atoms with E-state index in [-0.39, 0.29) is 12.5 Å². The minimum atomic E-state index is -0.553. The lowest BCUT2D eigenvalue weighted by atomic mass is 10.2. The zero-order valence-electron chi connectivity index (χ0n) is 15.8. The Hall–Kier alpha value is -3.16. The van der Waals surface area contributed by atoms with Gasteiger partial charge in [0.05, 0.1) is 6.33 Å². The predicted molar refractivity (Wildman–Crippen MR) is 104 cm³/mol. The van der Waals surface area contributed by atoms with Gasteiger partial charge >= 0.3 is 5.69 Å². The highest BCUT2D eigenvalue weighted by molar-refractivity contribution is 5.93. The quantitative estimate of drug-likeness (QED) is 0.655. The van der Waals surface area contributed by atoms with Crippen LogP contribution in [0.5, 0.6) is 0 Å². The molecule has 8 nitrogen and oxygen atoms in total. The van der Waals surface area contributed by atoms with Crippen molar-refractivity contribution in [2.24, 2.45) is 14.1 Å². The van der Waals surface area contributed by atoms with E-state index < -0.39 is 11.2 Å². The van der Waals surface area contributed by atoms with Crippen LogP contribution in [0, 0.1) is 0 Å². The molecule has 0 unspecified atom stereocenters. The van der Waals surface area contributed by atoms with Crippen LogP contribution in [0.1, 0.15) is 19.8 Å². The van der Waals surface area contributed by atoms with E-state index in [1.54, 1.807) is 23.6 Å². The van der Waals surface area contributed by atoms with Crippen molar-refractivity contribution in [3.05, 3.63) is 57.5 Å². The molecule has 0 aliphatic carbocycles. The molecule has 0 N–H and O–H groups in total. The molecule has 1 amide bonds. The summed E-state index contributed by atoms with van der Waals surface area (Å²) in [7, 11) is 3.23. The van der Waals surface area contributed by atoms with Gasteiger partial charge in [-0.1, -0.05) is 31.5 Å². The number of carbonyl (C=O) groups is 1. The molecule has 0 saturated carbocycles. The van der Waals surface area contributed by atoms with E-state index in [1.165, 1.54) is 10.9 Å². The Bertz CT molecular complexity index is 1080. The molecule has 2 heterocycles. The molecule has 0 aliphatic heterocycles. The summed E-state index contributed by atoms with van der Waals surface area (Å²) < 4.78 is 3.83. The van der Waals surface area contributed by atoms with Crippen molar-refractivity contribution in [1.29, 1.82) is 0 Å². The number of nitrogens with zero attached hydrogens (tertiary/aromatic N) is 5. The molecule has 0 bridgehead atoms. The Morgan fingerprint density at radius 1 is 1.15 bits per heavy atom. The maximum Gasteiger partial charge on any atom is 0.332 e. The van der Waals surface area contributed by atoms with Gasteiger partial charge in [0.25, 0.3) is 5.56 Å². The minimum Gasteiger partial charge on any atom is -0.328 e. The summed E-state index contributed by atoms with van der Waals surface area (Å²) in [6.07, 6.45) is 3.24. The summed E-state index contributed by atoms with van der Waals surface area (Å²) in [5.74, 6) is -0.296. The van der Waals surface area contributed by atoms with E-state index in [0.717, 1.165) is 23.1 Å². The molecule has 1 aromatic carbocycles. The Morgan fingerprint density at radius 2 is 1.85 bits per heavy atom. The van der Waals surface area contributed by atoms with E-state index in [0.29, 0.717) is 17.7 Å². The number of hydrogen-bond donors (Lipinski definition) is 0. The molecule has 0 aliphatic rings. The molecule has 142 valence electrons. The van der Waals surface area contributed by atoms with Crippen LogP contribution in [0.4, 0.5) is 5.69 Å². The fourth-order valence-electron chi connectivity index (χ4n) is 3.08. The van der Waals surface area contributed by atoms with Gasteiger partial charge in [0, 0.05) is 26.3 Å². The Balaban J connectivity index is 2.02. The molecule has 0 spiro atoms. The van der Waals surface area contributed by atoms with Crippen LogP contribution in [0.3, 0.4) is 0 Å². The normalized spacial score (nSPS) is 11.1. The van der Waals surface area contributed by atoms with E-state index in [1.807, 2.05) is 37.3 Å². The van der Waals surface area contributed by atoms with Crippen molar-refractivity contribution < 1.29 is 4.79 Å². The van der Waals surface area contributed by atoms with Gasteiger partial charge in [-0.25, -0.2) is 14.3 Å². The molecule has 0 fully saturated rings. The fraction of sp³-hybridized carbons (Fsp3) is 0.368. The highest BCUT2D eigenvalue weighted by Gasteiger charge is 2.21. The van der Waals surface area contributed by atoms with Crippen LogP contribution in [0.2, 0.25) is 0 Å². The zero-order valence-corrected chi connectivity index (χ0v) is 15.8. The summed E-state index contributed by atoms with van der Waals surface area (Å²) >= 11 is 0. The first kappa shape index (κ1) is 18.6. The van der Waals surface area contributed by atoms with Crippen LogP contribution in [-0.4, -0.2) is 31.1 Å². The van der Waals surface area contributed by atoms with Crippen molar-refractivity contribution in [2.45, 2.75) is 26.3 Å². The average molecular weight is 369 g/mol. The number of anilines is 1. The molecular formula is C19H23N5O3. The van der Waals surface area contributed by atoms with E-state index in [9.17, 15) is 14.4 Å². The molecule has 0 radical (unpaired) electrons. The number of benzene rings is 1. The van der Waals surface area contributed by atoms with Crippen LogP contribution in [0.15, 0.2) is 46.2 Å². The largest absolute Gasteiger partial charge is 0.332 e. The van der Waals surface area contributed by atoms with Gasteiger partial charge < -0.3 is 9.47 Å². The standard InChI is InChI=1S/C19H23N5O3/c1-4-5-11-23(14-9-7-6-8-10-14)15(25)12-24-18(26)16-17(20-13-21(16)2)22(3)19(24)27/h6-10,13H,4-5,11-12H2,1-3H3. The van der Waals surface area contributed by atoms with Gasteiger partial charge in [0.2, 0.25) is 5.91 Å². The third-order valence-corrected chi connectivity index (χ3v) is 4.60. The maximum absolute atomic E-state index is 13.0. The van der Waals surface area contributed by atoms with Gasteiger partial charge in [-0.2, -0.15) is 0 Å². The Morgan fingerprint density at radius 3 is 2.52 bits per heavy atom. The van der Waals surface area contributed by atoms with E-state index >= 15 is 0 Å². The molecule has 3 aromatic rings. The lowest BCUT2D eigenvalue weighted by molar-refractivity contribution is -0.119. The second-order valence-corrected chi connectivity index (χ2v) is 6.50. The highest BCUT2D eigenvalue weighted by Crippen LogP contribution is 2.15. The molecular weight excluding hydrogens is 346 g/mol. The van der Waals surface area contributed by atoms with Crippen molar-refractivity contribution >= 4 is 22.8 Å². The number of aryl methyl sites for hydroxylation is 2. The van der Waals surface area contributed by atoms with Crippen molar-refractivity contribution in [2.75, 3.05) is 11.4 Å². The third-order valence-electron chi connectivity index (χ3n) is 4.60. The minimum absolute atomic E-state index is 0.296. The molecule has 0 saturated heterocycles. The monoisotopic (exact) mass is 369 g/mol. The first-order valence-electron chi connectivity index (χ1n) is 8.92. The smallest absolute Gasteiger partial charge is 0.328 e. The van der Waals surface area contributed by atoms with Crippen LogP contribution in [0.25, 0.3) is 11.2 Å². The number of amides is 1. The van der Waals surface area contributed by atoms with Crippen molar-refractivity contribution in [1.82, 2.24) is 18.7 Å². The fourth-order valence-corrected chi connectivity index (χ4v) is 3.08. The first-order chi connectivity index (χ1) is 13.0. The topological polar surface area (TPSA) is 82.1 Å². The van der Waals surface area contributed by atoms with Crippen LogP contribution in [-0.2, 0) is 25.4 Å². The molecule has 3 rings (SSSR count). The number of hydrogen-bond acceptors (Lipinski definition) is 4. The second kappa shape index (κ2) is 7.61. The van der Waals surface area contributed by atoms with Crippen LogP contribution >= 0.6 is 0 Å². The number of aromatic nitrogens is 4. The van der Waals surface area contributed by atoms with E-state index in [2.05, 4.69) is 4.98 Å². The number of carbonyl (C=O) groups excluding carboxylic acids is 1. The van der Waals surface area contributed by atoms with E-state index in [4.69, 9.17) is 0 Å². The molecule has 0 atom stereocenters. The average Bonchev–Trinajstić information content (AvgIpc) is 3.06. The number of fused-ring (bicyclic) bond motifs is 1. The number of unbranched alkanes of at least 4 members (excludes halogenated alkanes) is 1. The van der Waals surface area contributed by atoms with Crippen LogP contribution < -0.4 is 16.1 Å². The number of para-hydroxylation sites is 1. The second-order valence-electron chi connectivity index (χ2n) is 6.50. The summed E-state index contributed by atoms with van der Waals surface area (Å²) in [6, 6.07) is 9.28. The van der Waals surface area contributed by atoms with Gasteiger partial charge in [-0.3, -0.25) is 14.2 Å². The summed E-state index contributed by atoms with van der Waals surface area (Å²) in [6.45, 7) is 2.26. The van der Waals surface area contributed by atoms with Gasteiger partial charge in [0.15, 0.2) is 11.2 Å².